The molecule has 7 aliphatic rings. The molecule has 5 aliphatic carbocycles. The highest BCUT2D eigenvalue weighted by molar-refractivity contribution is 5.66. The molecule has 15 heteroatoms. The Labute approximate surface area is 348 Å². The molecule has 0 aromatic carbocycles. The summed E-state index contributed by atoms with van der Waals surface area (Å²) in [5.41, 5.74) is -0.684. The maximum absolute atomic E-state index is 12.5. The van der Waals surface area contributed by atoms with E-state index in [4.69, 9.17) is 23.7 Å². The molecule has 2 heterocycles. The third kappa shape index (κ3) is 7.00. The normalized spacial score (nSPS) is 53.1. The average molecular weight is 841 g/mol. The molecule has 0 aromatic heterocycles. The van der Waals surface area contributed by atoms with Gasteiger partial charge in [-0.05, 0) is 84.4 Å². The smallest absolute Gasteiger partial charge is 0.302 e. The van der Waals surface area contributed by atoms with Gasteiger partial charge in [-0.2, -0.15) is 0 Å². The number of esters is 1. The number of ether oxygens (including phenoxy) is 5. The van der Waals surface area contributed by atoms with Crippen LogP contribution in [-0.4, -0.2) is 151 Å². The first-order valence-electron chi connectivity index (χ1n) is 22.0. The number of hydrogen-bond donors (Lipinski definition) is 9. The lowest BCUT2D eigenvalue weighted by molar-refractivity contribution is -0.344. The summed E-state index contributed by atoms with van der Waals surface area (Å²) in [7, 11) is 0. The highest BCUT2D eigenvalue weighted by Gasteiger charge is 2.73. The first-order chi connectivity index (χ1) is 27.5. The van der Waals surface area contributed by atoms with Crippen LogP contribution in [0, 0.1) is 56.7 Å². The molecule has 338 valence electrons. The monoisotopic (exact) mass is 840 g/mol. The molecule has 2 saturated heterocycles. The fourth-order valence-corrected chi connectivity index (χ4v) is 14.4. The van der Waals surface area contributed by atoms with Crippen LogP contribution >= 0.6 is 0 Å². The van der Waals surface area contributed by atoms with Crippen molar-refractivity contribution in [2.24, 2.45) is 56.7 Å². The van der Waals surface area contributed by atoms with Gasteiger partial charge in [0.1, 0.15) is 48.8 Å². The van der Waals surface area contributed by atoms with Gasteiger partial charge in [-0.1, -0.05) is 60.1 Å². The lowest BCUT2D eigenvalue weighted by Crippen LogP contribution is -2.67. The third-order valence-electron chi connectivity index (χ3n) is 17.6. The van der Waals surface area contributed by atoms with Crippen LogP contribution in [0.2, 0.25) is 0 Å². The molecule has 4 saturated carbocycles. The van der Waals surface area contributed by atoms with E-state index in [0.717, 1.165) is 25.7 Å². The molecule has 0 aromatic rings. The lowest BCUT2D eigenvalue weighted by Gasteiger charge is -2.70. The summed E-state index contributed by atoms with van der Waals surface area (Å²) in [5.74, 6) is -0.110. The Balaban J connectivity index is 1.10. The van der Waals surface area contributed by atoms with Gasteiger partial charge in [-0.3, -0.25) is 4.79 Å². The Hall–Kier alpha value is -1.31. The predicted molar refractivity (Wildman–Crippen MR) is 210 cm³/mol. The molecular weight excluding hydrogens is 768 g/mol. The zero-order chi connectivity index (χ0) is 43.4. The van der Waals surface area contributed by atoms with Crippen LogP contribution in [0.3, 0.4) is 0 Å². The Morgan fingerprint density at radius 1 is 0.797 bits per heavy atom. The minimum Gasteiger partial charge on any atom is -0.465 e. The molecule has 15 nitrogen and oxygen atoms in total. The SMILES string of the molecule is CC(=O)OC[C@@]12CC[C@@]3(C)[C@H]4C(=CC[C@]3(C)[C@H]1[C@H](O)C[C@H]2C(C)C)[C@@]1(C)CC[C@H](O[C@@H]2O[C@H](CO[C@@H]3O[C@H](CO)[C@@H](O)[C@H](O)[C@H]3O)[C@@H](O)[C@H](O)[C@H]2O)C(C)(C)[C@@H]1C[C@@H]4O. The van der Waals surface area contributed by atoms with Gasteiger partial charge in [0.05, 0.1) is 38.1 Å². The second kappa shape index (κ2) is 16.0. The number of aliphatic hydroxyl groups excluding tert-OH is 9. The second-order valence-electron chi connectivity index (χ2n) is 21.1. The van der Waals surface area contributed by atoms with Gasteiger partial charge in [-0.25, -0.2) is 0 Å². The van der Waals surface area contributed by atoms with Crippen LogP contribution in [0.4, 0.5) is 0 Å². The van der Waals surface area contributed by atoms with Crippen molar-refractivity contribution in [3.63, 3.8) is 0 Å². The number of hydrogen-bond acceptors (Lipinski definition) is 15. The molecular formula is C44H72O15. The van der Waals surface area contributed by atoms with E-state index in [2.05, 4.69) is 54.5 Å². The molecule has 9 N–H and O–H groups in total. The number of aliphatic hydroxyl groups is 9. The van der Waals surface area contributed by atoms with E-state index in [-0.39, 0.29) is 51.3 Å². The summed E-state index contributed by atoms with van der Waals surface area (Å²) < 4.78 is 29.5. The van der Waals surface area contributed by atoms with E-state index in [9.17, 15) is 50.8 Å². The molecule has 7 rings (SSSR count). The van der Waals surface area contributed by atoms with Crippen molar-refractivity contribution in [2.45, 2.75) is 180 Å². The molecule has 0 radical (unpaired) electrons. The van der Waals surface area contributed by atoms with Crippen LogP contribution in [0.25, 0.3) is 0 Å². The summed E-state index contributed by atoms with van der Waals surface area (Å²) in [5, 5.41) is 97.7. The van der Waals surface area contributed by atoms with Gasteiger partial charge in [0.15, 0.2) is 12.6 Å². The van der Waals surface area contributed by atoms with E-state index < -0.39 is 98.4 Å². The molecule has 0 bridgehead atoms. The highest BCUT2D eigenvalue weighted by atomic mass is 16.7. The van der Waals surface area contributed by atoms with Gasteiger partial charge in [0.2, 0.25) is 0 Å². The number of carbonyl (C=O) groups excluding carboxylic acids is 1. The first-order valence-corrected chi connectivity index (χ1v) is 22.0. The predicted octanol–water partition coefficient (Wildman–Crippen LogP) is 1.16. The number of fused-ring (bicyclic) bond motifs is 7. The van der Waals surface area contributed by atoms with Crippen molar-refractivity contribution in [3.05, 3.63) is 11.6 Å². The van der Waals surface area contributed by atoms with Gasteiger partial charge >= 0.3 is 5.97 Å². The first kappa shape index (κ1) is 45.7. The van der Waals surface area contributed by atoms with Crippen LogP contribution in [0.1, 0.15) is 100 Å². The van der Waals surface area contributed by atoms with Gasteiger partial charge in [0, 0.05) is 24.2 Å². The van der Waals surface area contributed by atoms with Gasteiger partial charge < -0.3 is 69.6 Å². The Kier molecular flexibility index (Phi) is 12.4. The maximum atomic E-state index is 12.5. The summed E-state index contributed by atoms with van der Waals surface area (Å²) >= 11 is 0. The third-order valence-corrected chi connectivity index (χ3v) is 17.6. The van der Waals surface area contributed by atoms with Crippen molar-refractivity contribution < 1.29 is 74.4 Å². The molecule has 59 heavy (non-hydrogen) atoms. The van der Waals surface area contributed by atoms with Crippen LogP contribution < -0.4 is 0 Å². The van der Waals surface area contributed by atoms with Crippen molar-refractivity contribution in [1.82, 2.24) is 0 Å². The minimum atomic E-state index is -1.68. The zero-order valence-corrected chi connectivity index (χ0v) is 36.0. The number of allylic oxidation sites excluding steroid dienone is 1. The lowest BCUT2D eigenvalue weighted by atomic mass is 9.35. The second-order valence-corrected chi connectivity index (χ2v) is 21.1. The number of rotatable bonds is 9. The highest BCUT2D eigenvalue weighted by Crippen LogP contribution is 2.76. The summed E-state index contributed by atoms with van der Waals surface area (Å²) in [4.78, 5) is 12.2. The van der Waals surface area contributed by atoms with Crippen LogP contribution in [0.15, 0.2) is 11.6 Å². The minimum absolute atomic E-state index is 0.0465. The van der Waals surface area contributed by atoms with Crippen molar-refractivity contribution in [1.29, 1.82) is 0 Å². The molecule has 0 amide bonds. The average Bonchev–Trinajstić information content (AvgIpc) is 3.49. The quantitative estimate of drug-likeness (QED) is 0.0899. The fourth-order valence-electron chi connectivity index (χ4n) is 14.4. The van der Waals surface area contributed by atoms with E-state index in [1.165, 1.54) is 12.5 Å². The maximum Gasteiger partial charge on any atom is 0.302 e. The fraction of sp³-hybridized carbons (Fsp3) is 0.932. The van der Waals surface area contributed by atoms with E-state index in [0.29, 0.717) is 31.8 Å². The van der Waals surface area contributed by atoms with Gasteiger partial charge in [0.25, 0.3) is 0 Å². The molecule has 2 aliphatic heterocycles. The van der Waals surface area contributed by atoms with Crippen molar-refractivity contribution >= 4 is 5.97 Å². The standard InChI is InChI=1S/C44H72O15/c1-20(2)23-15-25(48)37-43(8)12-9-22-30(42(43,7)13-14-44(23,37)19-56-21(3)46)24(47)16-28-40(4,5)29(10-11-41(22,28)6)59-39-36(54)34(52)32(50)27(58-39)18-55-38-35(53)33(51)31(49)26(17-45)57-38/h9,20,23-39,45,47-54H,10-19H2,1-8H3/t23-,24-,25+,26+,27+,28-,29-,30-,31+,32+,33-,34-,35+,36+,37+,38+,39-,41+,42-,43+,44+/m0/s1. The van der Waals surface area contributed by atoms with Crippen LogP contribution in [0.5, 0.6) is 0 Å². The van der Waals surface area contributed by atoms with E-state index >= 15 is 0 Å². The topological polar surface area (TPSA) is 245 Å². The van der Waals surface area contributed by atoms with Crippen molar-refractivity contribution in [3.8, 4) is 0 Å². The molecule has 6 fully saturated rings. The molecule has 21 atom stereocenters. The Bertz CT molecular complexity index is 1570. The van der Waals surface area contributed by atoms with E-state index in [1.54, 1.807) is 0 Å². The van der Waals surface area contributed by atoms with Crippen LogP contribution in [-0.2, 0) is 28.5 Å². The van der Waals surface area contributed by atoms with E-state index in [1.807, 2.05) is 0 Å². The summed E-state index contributed by atoms with van der Waals surface area (Å²) in [6.45, 7) is 16.2. The summed E-state index contributed by atoms with van der Waals surface area (Å²) in [6, 6.07) is 0. The molecule has 0 spiro atoms. The Morgan fingerprint density at radius 2 is 1.42 bits per heavy atom. The van der Waals surface area contributed by atoms with Crippen molar-refractivity contribution in [2.75, 3.05) is 19.8 Å². The largest absolute Gasteiger partial charge is 0.465 e. The zero-order valence-electron chi connectivity index (χ0n) is 36.0. The summed E-state index contributed by atoms with van der Waals surface area (Å²) in [6.07, 6.45) is -9.68. The molecule has 0 unspecified atom stereocenters. The van der Waals surface area contributed by atoms with Gasteiger partial charge in [-0.15, -0.1) is 0 Å². The number of carbonyl (C=O) groups is 1. The Morgan fingerprint density at radius 3 is 2.05 bits per heavy atom.